The molecule has 1 N–H and O–H groups in total. The van der Waals surface area contributed by atoms with E-state index in [0.717, 1.165) is 0 Å². The van der Waals surface area contributed by atoms with Gasteiger partial charge in [-0.1, -0.05) is 13.8 Å². The lowest BCUT2D eigenvalue weighted by atomic mass is 10.1. The van der Waals surface area contributed by atoms with Gasteiger partial charge in [-0.25, -0.2) is 17.5 Å². The number of fused-ring (bicyclic) bond motifs is 1. The zero-order valence-corrected chi connectivity index (χ0v) is 18.9. The summed E-state index contributed by atoms with van der Waals surface area (Å²) in [6.07, 6.45) is 7.99. The fourth-order valence-electron chi connectivity index (χ4n) is 3.53. The Balaban J connectivity index is 1.65. The van der Waals surface area contributed by atoms with Gasteiger partial charge in [-0.15, -0.1) is 0 Å². The van der Waals surface area contributed by atoms with Crippen molar-refractivity contribution in [3.8, 4) is 5.69 Å². The van der Waals surface area contributed by atoms with Crippen LogP contribution in [0.4, 0.5) is 4.39 Å². The van der Waals surface area contributed by atoms with E-state index in [1.807, 2.05) is 6.92 Å². The lowest BCUT2D eigenvalue weighted by Gasteiger charge is -2.18. The highest BCUT2D eigenvalue weighted by atomic mass is 32.2. The van der Waals surface area contributed by atoms with Gasteiger partial charge in [0, 0.05) is 24.0 Å². The minimum absolute atomic E-state index is 0.0347. The van der Waals surface area contributed by atoms with Crippen molar-refractivity contribution in [1.82, 2.24) is 25.1 Å². The van der Waals surface area contributed by atoms with Gasteiger partial charge in [0.1, 0.15) is 5.82 Å². The molecule has 4 rings (SSSR count). The number of amides is 1. The molecule has 0 radical (unpaired) electrons. The van der Waals surface area contributed by atoms with Gasteiger partial charge in [0.2, 0.25) is 0 Å². The summed E-state index contributed by atoms with van der Waals surface area (Å²) in [4.78, 5) is 21.5. The van der Waals surface area contributed by atoms with Crippen LogP contribution in [0.1, 0.15) is 42.2 Å². The van der Waals surface area contributed by atoms with E-state index >= 15 is 0 Å². The van der Waals surface area contributed by atoms with Gasteiger partial charge in [-0.2, -0.15) is 5.10 Å². The Morgan fingerprint density at radius 2 is 1.79 bits per heavy atom. The highest BCUT2D eigenvalue weighted by molar-refractivity contribution is 7.91. The summed E-state index contributed by atoms with van der Waals surface area (Å²) >= 11 is 0. The van der Waals surface area contributed by atoms with Gasteiger partial charge in [-0.3, -0.25) is 14.8 Å². The number of nitrogens with zero attached hydrogens (tertiary/aromatic N) is 4. The molecule has 10 heteroatoms. The lowest BCUT2D eigenvalue weighted by molar-refractivity contribution is 0.0937. The van der Waals surface area contributed by atoms with Crippen molar-refractivity contribution in [2.75, 3.05) is 5.75 Å². The third-order valence-corrected chi connectivity index (χ3v) is 7.10. The highest BCUT2D eigenvalue weighted by Crippen LogP contribution is 2.24. The van der Waals surface area contributed by atoms with Crippen molar-refractivity contribution in [1.29, 1.82) is 0 Å². The molecule has 0 unspecified atom stereocenters. The summed E-state index contributed by atoms with van der Waals surface area (Å²) in [5, 5.41) is 7.87. The maximum atomic E-state index is 13.3. The predicted molar refractivity (Wildman–Crippen MR) is 121 cm³/mol. The number of carbonyl (C=O) groups excluding carboxylic acids is 1. The Kier molecular flexibility index (Phi) is 6.19. The molecule has 170 valence electrons. The van der Waals surface area contributed by atoms with Crippen LogP contribution < -0.4 is 5.32 Å². The lowest BCUT2D eigenvalue weighted by Crippen LogP contribution is -2.28. The molecule has 3 heterocycles. The van der Waals surface area contributed by atoms with E-state index in [1.165, 1.54) is 24.5 Å². The molecule has 0 aliphatic carbocycles. The van der Waals surface area contributed by atoms with E-state index in [9.17, 15) is 17.6 Å². The molecule has 0 spiro atoms. The first-order chi connectivity index (χ1) is 15.8. The second-order valence-corrected chi connectivity index (χ2v) is 9.72. The second kappa shape index (κ2) is 9.07. The van der Waals surface area contributed by atoms with Gasteiger partial charge >= 0.3 is 0 Å². The van der Waals surface area contributed by atoms with Crippen LogP contribution in [0.2, 0.25) is 0 Å². The quantitative estimate of drug-likeness (QED) is 0.445. The molecule has 0 aliphatic rings. The van der Waals surface area contributed by atoms with E-state index in [-0.39, 0.29) is 22.4 Å². The van der Waals surface area contributed by atoms with E-state index in [2.05, 4.69) is 20.4 Å². The first-order valence-corrected chi connectivity index (χ1v) is 12.1. The number of rotatable bonds is 7. The summed E-state index contributed by atoms with van der Waals surface area (Å²) in [5.41, 5.74) is 2.16. The van der Waals surface area contributed by atoms with Crippen LogP contribution in [0.15, 0.2) is 66.2 Å². The van der Waals surface area contributed by atoms with Gasteiger partial charge in [0.15, 0.2) is 9.84 Å². The average molecular weight is 468 g/mol. The molecular weight excluding hydrogens is 445 g/mol. The third-order valence-electron chi connectivity index (χ3n) is 5.40. The molecule has 0 aliphatic heterocycles. The Bertz CT molecular complexity index is 1420. The fourth-order valence-corrected chi connectivity index (χ4v) is 4.40. The SMILES string of the molecule is CC[C@H](NC(=O)c1cncc2c1cnn2-c1ccc(F)cc1)c1cncc(S(=O)(=O)CC)c1. The first kappa shape index (κ1) is 22.5. The first-order valence-electron chi connectivity index (χ1n) is 10.4. The van der Waals surface area contributed by atoms with E-state index < -0.39 is 15.9 Å². The van der Waals surface area contributed by atoms with Crippen LogP contribution in [-0.4, -0.2) is 39.8 Å². The van der Waals surface area contributed by atoms with Crippen molar-refractivity contribution in [2.24, 2.45) is 0 Å². The van der Waals surface area contributed by atoms with Crippen LogP contribution in [0.25, 0.3) is 16.6 Å². The number of nitrogens with one attached hydrogen (secondary N) is 1. The number of benzene rings is 1. The number of hydrogen-bond acceptors (Lipinski definition) is 6. The molecule has 4 aromatic rings. The van der Waals surface area contributed by atoms with E-state index in [4.69, 9.17) is 0 Å². The number of hydrogen-bond donors (Lipinski definition) is 1. The topological polar surface area (TPSA) is 107 Å². The van der Waals surface area contributed by atoms with Crippen molar-refractivity contribution >= 4 is 26.6 Å². The van der Waals surface area contributed by atoms with E-state index in [0.29, 0.717) is 34.1 Å². The monoisotopic (exact) mass is 467 g/mol. The summed E-state index contributed by atoms with van der Waals surface area (Å²) in [5.74, 6) is -0.765. The number of pyridine rings is 2. The van der Waals surface area contributed by atoms with Crippen molar-refractivity contribution in [2.45, 2.75) is 31.2 Å². The molecule has 0 saturated heterocycles. The summed E-state index contributed by atoms with van der Waals surface area (Å²) in [6.45, 7) is 3.46. The van der Waals surface area contributed by atoms with Crippen LogP contribution >= 0.6 is 0 Å². The molecule has 1 atom stereocenters. The minimum atomic E-state index is -3.42. The molecule has 1 amide bonds. The Morgan fingerprint density at radius 1 is 1.06 bits per heavy atom. The predicted octanol–water partition coefficient (Wildman–Crippen LogP) is 3.63. The normalized spacial score (nSPS) is 12.6. The molecule has 8 nitrogen and oxygen atoms in total. The zero-order chi connectivity index (χ0) is 23.6. The molecule has 0 bridgehead atoms. The minimum Gasteiger partial charge on any atom is -0.345 e. The standard InChI is InChI=1S/C23H22FN5O3S/c1-3-21(15-9-18(11-25-10-15)33(31,32)4-2)28-23(30)20-12-26-14-22-19(20)13-27-29(22)17-7-5-16(24)6-8-17/h5-14,21H,3-4H2,1-2H3,(H,28,30)/t21-/m0/s1. The van der Waals surface area contributed by atoms with Gasteiger partial charge in [0.05, 0.1) is 45.9 Å². The zero-order valence-electron chi connectivity index (χ0n) is 18.1. The van der Waals surface area contributed by atoms with Gasteiger partial charge in [0.25, 0.3) is 5.91 Å². The number of aromatic nitrogens is 4. The van der Waals surface area contributed by atoms with Crippen molar-refractivity contribution in [3.05, 3.63) is 78.3 Å². The summed E-state index contributed by atoms with van der Waals surface area (Å²) in [7, 11) is -3.42. The molecule has 0 saturated carbocycles. The van der Waals surface area contributed by atoms with Crippen LogP contribution in [0.5, 0.6) is 0 Å². The molecular formula is C23H22FN5O3S. The Labute approximate surface area is 190 Å². The van der Waals surface area contributed by atoms with E-state index in [1.54, 1.807) is 48.4 Å². The molecule has 1 aromatic carbocycles. The molecule has 0 fully saturated rings. The molecule has 3 aromatic heterocycles. The number of carbonyl (C=O) groups is 1. The van der Waals surface area contributed by atoms with Gasteiger partial charge < -0.3 is 5.32 Å². The Morgan fingerprint density at radius 3 is 2.48 bits per heavy atom. The number of halogens is 1. The average Bonchev–Trinajstić information content (AvgIpc) is 3.27. The van der Waals surface area contributed by atoms with Crippen LogP contribution in [-0.2, 0) is 9.84 Å². The van der Waals surface area contributed by atoms with Gasteiger partial charge in [-0.05, 0) is 42.3 Å². The Hall–Kier alpha value is -3.66. The fraction of sp³-hybridized carbons (Fsp3) is 0.217. The number of sulfone groups is 1. The summed E-state index contributed by atoms with van der Waals surface area (Å²) in [6, 6.07) is 6.95. The smallest absolute Gasteiger partial charge is 0.254 e. The largest absolute Gasteiger partial charge is 0.345 e. The van der Waals surface area contributed by atoms with Crippen LogP contribution in [0.3, 0.4) is 0 Å². The maximum absolute atomic E-state index is 13.3. The second-order valence-electron chi connectivity index (χ2n) is 7.44. The third kappa shape index (κ3) is 4.47. The maximum Gasteiger partial charge on any atom is 0.254 e. The van der Waals surface area contributed by atoms with Crippen molar-refractivity contribution < 1.29 is 17.6 Å². The highest BCUT2D eigenvalue weighted by Gasteiger charge is 2.21. The molecule has 33 heavy (non-hydrogen) atoms. The van der Waals surface area contributed by atoms with Crippen LogP contribution in [0, 0.1) is 5.82 Å². The summed E-state index contributed by atoms with van der Waals surface area (Å²) < 4.78 is 39.3. The van der Waals surface area contributed by atoms with Crippen molar-refractivity contribution in [3.63, 3.8) is 0 Å².